The SMILES string of the molecule is C/C=C\C(=O)N1C=Cc2ccccc2[C@H]1C#N. The third-order valence-corrected chi connectivity index (χ3v) is 2.67. The van der Waals surface area contributed by atoms with Crippen LogP contribution in [0.25, 0.3) is 6.08 Å². The van der Waals surface area contributed by atoms with Gasteiger partial charge in [-0.3, -0.25) is 9.69 Å². The van der Waals surface area contributed by atoms with Gasteiger partial charge in [0.25, 0.3) is 5.91 Å². The van der Waals surface area contributed by atoms with Gasteiger partial charge in [0.05, 0.1) is 6.07 Å². The fraction of sp³-hybridized carbons (Fsp3) is 0.143. The Hall–Kier alpha value is -2.34. The van der Waals surface area contributed by atoms with E-state index in [9.17, 15) is 10.1 Å². The monoisotopic (exact) mass is 224 g/mol. The Morgan fingerprint density at radius 2 is 2.24 bits per heavy atom. The number of carbonyl (C=O) groups is 1. The summed E-state index contributed by atoms with van der Waals surface area (Å²) < 4.78 is 0. The summed E-state index contributed by atoms with van der Waals surface area (Å²) in [6.07, 6.45) is 6.65. The van der Waals surface area contributed by atoms with Crippen molar-refractivity contribution in [1.82, 2.24) is 4.90 Å². The van der Waals surface area contributed by atoms with Crippen LogP contribution in [0, 0.1) is 11.3 Å². The quantitative estimate of drug-likeness (QED) is 0.688. The Bertz CT molecular complexity index is 537. The lowest BCUT2D eigenvalue weighted by Crippen LogP contribution is -2.30. The van der Waals surface area contributed by atoms with E-state index in [-0.39, 0.29) is 5.91 Å². The third-order valence-electron chi connectivity index (χ3n) is 2.67. The van der Waals surface area contributed by atoms with E-state index in [1.165, 1.54) is 11.0 Å². The van der Waals surface area contributed by atoms with Gasteiger partial charge < -0.3 is 0 Å². The van der Waals surface area contributed by atoms with Gasteiger partial charge in [0.2, 0.25) is 0 Å². The minimum Gasteiger partial charge on any atom is -0.295 e. The van der Waals surface area contributed by atoms with Crippen molar-refractivity contribution in [3.8, 4) is 6.07 Å². The Labute approximate surface area is 100 Å². The second kappa shape index (κ2) is 4.67. The van der Waals surface area contributed by atoms with Crippen molar-refractivity contribution < 1.29 is 4.79 Å². The molecule has 1 aromatic carbocycles. The molecule has 0 spiro atoms. The number of allylic oxidation sites excluding steroid dienone is 1. The van der Waals surface area contributed by atoms with Crippen LogP contribution in [0.1, 0.15) is 24.1 Å². The number of hydrogen-bond acceptors (Lipinski definition) is 2. The van der Waals surface area contributed by atoms with Gasteiger partial charge in [-0.1, -0.05) is 30.3 Å². The lowest BCUT2D eigenvalue weighted by atomic mass is 9.97. The summed E-state index contributed by atoms with van der Waals surface area (Å²) in [7, 11) is 0. The van der Waals surface area contributed by atoms with Crippen molar-refractivity contribution in [2.24, 2.45) is 0 Å². The zero-order valence-electron chi connectivity index (χ0n) is 9.50. The molecule has 3 heteroatoms. The number of benzene rings is 1. The maximum Gasteiger partial charge on any atom is 0.251 e. The van der Waals surface area contributed by atoms with E-state index in [0.717, 1.165) is 11.1 Å². The molecule has 0 saturated heterocycles. The molecule has 17 heavy (non-hydrogen) atoms. The smallest absolute Gasteiger partial charge is 0.251 e. The first-order valence-corrected chi connectivity index (χ1v) is 5.39. The molecule has 0 aliphatic carbocycles. The molecule has 2 rings (SSSR count). The number of nitriles is 1. The van der Waals surface area contributed by atoms with E-state index in [0.29, 0.717) is 0 Å². The van der Waals surface area contributed by atoms with E-state index >= 15 is 0 Å². The van der Waals surface area contributed by atoms with Crippen LogP contribution < -0.4 is 0 Å². The molecule has 0 N–H and O–H groups in total. The predicted molar refractivity (Wildman–Crippen MR) is 65.5 cm³/mol. The zero-order chi connectivity index (χ0) is 12.3. The highest BCUT2D eigenvalue weighted by atomic mass is 16.2. The molecule has 84 valence electrons. The number of amides is 1. The number of rotatable bonds is 1. The molecule has 0 radical (unpaired) electrons. The van der Waals surface area contributed by atoms with Crippen molar-refractivity contribution in [1.29, 1.82) is 5.26 Å². The minimum absolute atomic E-state index is 0.176. The highest BCUT2D eigenvalue weighted by molar-refractivity contribution is 5.90. The lowest BCUT2D eigenvalue weighted by Gasteiger charge is -2.27. The molecule has 0 bridgehead atoms. The van der Waals surface area contributed by atoms with Crippen LogP contribution in [0.15, 0.2) is 42.6 Å². The summed E-state index contributed by atoms with van der Waals surface area (Å²) >= 11 is 0. The molecule has 1 atom stereocenters. The standard InChI is InChI=1S/C14H12N2O/c1-2-5-14(17)16-9-8-11-6-3-4-7-12(11)13(16)10-15/h2-9,13H,1H3/b5-2-/t13-/m1/s1. The number of carbonyl (C=O) groups excluding carboxylic acids is 1. The van der Waals surface area contributed by atoms with Gasteiger partial charge in [0.15, 0.2) is 0 Å². The Morgan fingerprint density at radius 1 is 1.47 bits per heavy atom. The first kappa shape index (κ1) is 11.2. The second-order valence-electron chi connectivity index (χ2n) is 3.72. The number of hydrogen-bond donors (Lipinski definition) is 0. The third kappa shape index (κ3) is 1.98. The van der Waals surface area contributed by atoms with Gasteiger partial charge >= 0.3 is 0 Å². The van der Waals surface area contributed by atoms with E-state index in [1.54, 1.807) is 19.2 Å². The first-order valence-electron chi connectivity index (χ1n) is 5.39. The maximum absolute atomic E-state index is 11.8. The van der Waals surface area contributed by atoms with E-state index in [2.05, 4.69) is 6.07 Å². The van der Waals surface area contributed by atoms with Gasteiger partial charge in [0.1, 0.15) is 6.04 Å². The fourth-order valence-electron chi connectivity index (χ4n) is 1.87. The number of nitrogens with zero attached hydrogens (tertiary/aromatic N) is 2. The van der Waals surface area contributed by atoms with Crippen LogP contribution >= 0.6 is 0 Å². The van der Waals surface area contributed by atoms with Gasteiger partial charge in [0, 0.05) is 6.20 Å². The Balaban J connectivity index is 2.43. The Kier molecular flexibility index (Phi) is 3.06. The summed E-state index contributed by atoms with van der Waals surface area (Å²) in [5.41, 5.74) is 1.86. The summed E-state index contributed by atoms with van der Waals surface area (Å²) in [5.74, 6) is -0.176. The zero-order valence-corrected chi connectivity index (χ0v) is 9.50. The van der Waals surface area contributed by atoms with Crippen LogP contribution in [0.3, 0.4) is 0 Å². The summed E-state index contributed by atoms with van der Waals surface area (Å²) in [6, 6.07) is 9.24. The molecule has 1 amide bonds. The molecule has 0 aromatic heterocycles. The average molecular weight is 224 g/mol. The van der Waals surface area contributed by atoms with Crippen molar-refractivity contribution >= 4 is 12.0 Å². The van der Waals surface area contributed by atoms with E-state index in [1.807, 2.05) is 30.3 Å². The van der Waals surface area contributed by atoms with Crippen LogP contribution in [-0.2, 0) is 4.79 Å². The van der Waals surface area contributed by atoms with Crippen LogP contribution in [0.4, 0.5) is 0 Å². The molecular formula is C14H12N2O. The predicted octanol–water partition coefficient (Wildman–Crippen LogP) is 2.64. The fourth-order valence-corrected chi connectivity index (χ4v) is 1.87. The summed E-state index contributed by atoms with van der Waals surface area (Å²) in [5, 5.41) is 9.22. The molecular weight excluding hydrogens is 212 g/mol. The van der Waals surface area contributed by atoms with Gasteiger partial charge in [-0.2, -0.15) is 5.26 Å². The van der Waals surface area contributed by atoms with Crippen molar-refractivity contribution in [2.45, 2.75) is 13.0 Å². The van der Waals surface area contributed by atoms with Gasteiger partial charge in [-0.05, 0) is 30.2 Å². The minimum atomic E-state index is -0.542. The van der Waals surface area contributed by atoms with Crippen molar-refractivity contribution in [3.63, 3.8) is 0 Å². The molecule has 1 aliphatic heterocycles. The van der Waals surface area contributed by atoms with E-state index < -0.39 is 6.04 Å². The van der Waals surface area contributed by atoms with Crippen LogP contribution in [0.2, 0.25) is 0 Å². The van der Waals surface area contributed by atoms with Crippen LogP contribution in [-0.4, -0.2) is 10.8 Å². The highest BCUT2D eigenvalue weighted by Crippen LogP contribution is 2.29. The number of fused-ring (bicyclic) bond motifs is 1. The van der Waals surface area contributed by atoms with E-state index in [4.69, 9.17) is 0 Å². The molecule has 1 heterocycles. The summed E-state index contributed by atoms with van der Waals surface area (Å²) in [6.45, 7) is 1.78. The molecule has 0 fully saturated rings. The maximum atomic E-state index is 11.8. The van der Waals surface area contributed by atoms with Crippen molar-refractivity contribution in [2.75, 3.05) is 0 Å². The van der Waals surface area contributed by atoms with Crippen molar-refractivity contribution in [3.05, 3.63) is 53.7 Å². The normalized spacial score (nSPS) is 17.9. The summed E-state index contributed by atoms with van der Waals surface area (Å²) in [4.78, 5) is 13.3. The topological polar surface area (TPSA) is 44.1 Å². The van der Waals surface area contributed by atoms with Gasteiger partial charge in [-0.15, -0.1) is 0 Å². The van der Waals surface area contributed by atoms with Crippen LogP contribution in [0.5, 0.6) is 0 Å². The largest absolute Gasteiger partial charge is 0.295 e. The molecule has 3 nitrogen and oxygen atoms in total. The highest BCUT2D eigenvalue weighted by Gasteiger charge is 2.26. The lowest BCUT2D eigenvalue weighted by molar-refractivity contribution is -0.124. The molecule has 0 saturated carbocycles. The molecule has 1 aromatic rings. The molecule has 0 unspecified atom stereocenters. The second-order valence-corrected chi connectivity index (χ2v) is 3.72. The molecule has 1 aliphatic rings. The Morgan fingerprint density at radius 3 is 2.94 bits per heavy atom. The van der Waals surface area contributed by atoms with Gasteiger partial charge in [-0.25, -0.2) is 0 Å². The first-order chi connectivity index (χ1) is 8.27. The average Bonchev–Trinajstić information content (AvgIpc) is 2.37.